The molecule has 0 unspecified atom stereocenters. The molecule has 0 aliphatic rings. The van der Waals surface area contributed by atoms with Gasteiger partial charge in [-0.3, -0.25) is 4.98 Å². The van der Waals surface area contributed by atoms with Gasteiger partial charge in [-0.1, -0.05) is 45.0 Å². The van der Waals surface area contributed by atoms with Crippen LogP contribution in [0, 0.1) is 0 Å². The number of rotatable bonds is 6. The highest BCUT2D eigenvalue weighted by molar-refractivity contribution is 9.10. The molecule has 4 rings (SSSR count). The van der Waals surface area contributed by atoms with E-state index in [0.717, 1.165) is 33.1 Å². The molecule has 0 saturated carbocycles. The Hall–Kier alpha value is -2.52. The van der Waals surface area contributed by atoms with Crippen LogP contribution in [-0.4, -0.2) is 29.9 Å². The van der Waals surface area contributed by atoms with E-state index in [4.69, 9.17) is 4.52 Å². The normalized spacial score (nSPS) is 11.0. The molecule has 0 N–H and O–H groups in total. The van der Waals surface area contributed by atoms with Crippen LogP contribution < -0.4 is 0 Å². The molecule has 0 bridgehead atoms. The fraction of sp³-hybridized carbons (Fsp3) is 0.167. The predicted molar refractivity (Wildman–Crippen MR) is 106 cm³/mol. The van der Waals surface area contributed by atoms with Crippen molar-refractivity contribution in [1.82, 2.24) is 29.9 Å². The highest BCUT2D eigenvalue weighted by Gasteiger charge is 2.15. The Morgan fingerprint density at radius 3 is 2.74 bits per heavy atom. The van der Waals surface area contributed by atoms with Crippen molar-refractivity contribution in [3.63, 3.8) is 0 Å². The topological polar surface area (TPSA) is 82.5 Å². The Balaban J connectivity index is 1.51. The van der Waals surface area contributed by atoms with E-state index in [1.807, 2.05) is 36.4 Å². The standard InChI is InChI=1S/C18H15BrN6OS/c1-2-25-17(12-6-8-20-9-7-12)22-23-18(25)27-11-15-21-16(24-26-15)13-4-3-5-14(19)10-13/h3-10H,2,11H2,1H3. The lowest BCUT2D eigenvalue weighted by atomic mass is 10.2. The molecule has 3 heterocycles. The largest absolute Gasteiger partial charge is 0.338 e. The molecule has 27 heavy (non-hydrogen) atoms. The molecular weight excluding hydrogens is 428 g/mol. The summed E-state index contributed by atoms with van der Waals surface area (Å²) in [4.78, 5) is 8.52. The van der Waals surface area contributed by atoms with Crippen LogP contribution in [0.4, 0.5) is 0 Å². The number of hydrogen-bond donors (Lipinski definition) is 0. The van der Waals surface area contributed by atoms with E-state index in [1.54, 1.807) is 12.4 Å². The molecule has 0 spiro atoms. The van der Waals surface area contributed by atoms with Crippen molar-refractivity contribution in [2.45, 2.75) is 24.4 Å². The molecule has 0 fully saturated rings. The molecule has 0 amide bonds. The molecule has 4 aromatic rings. The third-order valence-electron chi connectivity index (χ3n) is 3.85. The van der Waals surface area contributed by atoms with Gasteiger partial charge in [0.05, 0.1) is 5.75 Å². The summed E-state index contributed by atoms with van der Waals surface area (Å²) in [5.41, 5.74) is 1.89. The highest BCUT2D eigenvalue weighted by Crippen LogP contribution is 2.27. The summed E-state index contributed by atoms with van der Waals surface area (Å²) in [7, 11) is 0. The molecule has 3 aromatic heterocycles. The van der Waals surface area contributed by atoms with Crippen molar-refractivity contribution >= 4 is 27.7 Å². The lowest BCUT2D eigenvalue weighted by molar-refractivity contribution is 0.391. The summed E-state index contributed by atoms with van der Waals surface area (Å²) in [5.74, 6) is 2.46. The monoisotopic (exact) mass is 442 g/mol. The van der Waals surface area contributed by atoms with E-state index in [-0.39, 0.29) is 0 Å². The van der Waals surface area contributed by atoms with Crippen LogP contribution in [0.25, 0.3) is 22.8 Å². The first-order valence-corrected chi connectivity index (χ1v) is 10.1. The van der Waals surface area contributed by atoms with Gasteiger partial charge in [0.25, 0.3) is 0 Å². The minimum absolute atomic E-state index is 0.523. The third kappa shape index (κ3) is 3.93. The zero-order valence-corrected chi connectivity index (χ0v) is 16.8. The van der Waals surface area contributed by atoms with Crippen LogP contribution in [0.3, 0.4) is 0 Å². The highest BCUT2D eigenvalue weighted by atomic mass is 79.9. The lowest BCUT2D eigenvalue weighted by Gasteiger charge is -2.06. The minimum Gasteiger partial charge on any atom is -0.338 e. The zero-order valence-electron chi connectivity index (χ0n) is 14.4. The Morgan fingerprint density at radius 2 is 1.96 bits per heavy atom. The Bertz CT molecular complexity index is 1050. The first kappa shape index (κ1) is 17.9. The average Bonchev–Trinajstić information content (AvgIpc) is 3.34. The molecular formula is C18H15BrN6OS. The molecule has 9 heteroatoms. The van der Waals surface area contributed by atoms with Gasteiger partial charge in [-0.25, -0.2) is 0 Å². The fourth-order valence-corrected chi connectivity index (χ4v) is 3.82. The van der Waals surface area contributed by atoms with E-state index in [0.29, 0.717) is 17.5 Å². The van der Waals surface area contributed by atoms with Crippen LogP contribution in [0.15, 0.2) is 62.9 Å². The first-order chi connectivity index (χ1) is 13.2. The second kappa shape index (κ2) is 8.01. The lowest BCUT2D eigenvalue weighted by Crippen LogP contribution is -2.00. The Morgan fingerprint density at radius 1 is 1.11 bits per heavy atom. The number of thioether (sulfide) groups is 1. The van der Waals surface area contributed by atoms with Crippen molar-refractivity contribution in [2.75, 3.05) is 0 Å². The number of hydrogen-bond acceptors (Lipinski definition) is 7. The average molecular weight is 443 g/mol. The SMILES string of the molecule is CCn1c(SCc2nc(-c3cccc(Br)c3)no2)nnc1-c1ccncc1. The van der Waals surface area contributed by atoms with Gasteiger partial charge in [-0.05, 0) is 31.2 Å². The molecule has 136 valence electrons. The van der Waals surface area contributed by atoms with E-state index in [1.165, 1.54) is 11.8 Å². The predicted octanol–water partition coefficient (Wildman–Crippen LogP) is 4.46. The summed E-state index contributed by atoms with van der Waals surface area (Å²) in [5, 5.41) is 13.5. The van der Waals surface area contributed by atoms with Crippen molar-refractivity contribution in [2.24, 2.45) is 0 Å². The molecule has 0 radical (unpaired) electrons. The number of pyridine rings is 1. The van der Waals surface area contributed by atoms with Crippen molar-refractivity contribution in [3.8, 4) is 22.8 Å². The maximum absolute atomic E-state index is 5.38. The van der Waals surface area contributed by atoms with Crippen LogP contribution in [0.5, 0.6) is 0 Å². The van der Waals surface area contributed by atoms with Gasteiger partial charge in [0.15, 0.2) is 11.0 Å². The first-order valence-electron chi connectivity index (χ1n) is 8.29. The van der Waals surface area contributed by atoms with E-state index >= 15 is 0 Å². The van der Waals surface area contributed by atoms with Crippen LogP contribution in [0.1, 0.15) is 12.8 Å². The van der Waals surface area contributed by atoms with Gasteiger partial charge in [0.2, 0.25) is 11.7 Å². The van der Waals surface area contributed by atoms with Crippen molar-refractivity contribution in [3.05, 3.63) is 59.2 Å². The van der Waals surface area contributed by atoms with E-state index in [2.05, 4.69) is 52.7 Å². The summed E-state index contributed by atoms with van der Waals surface area (Å²) >= 11 is 4.97. The van der Waals surface area contributed by atoms with Crippen LogP contribution in [0.2, 0.25) is 0 Å². The maximum Gasteiger partial charge on any atom is 0.237 e. The van der Waals surface area contributed by atoms with Gasteiger partial charge in [0, 0.05) is 34.5 Å². The summed E-state index contributed by atoms with van der Waals surface area (Å²) in [6.07, 6.45) is 3.50. The van der Waals surface area contributed by atoms with Gasteiger partial charge in [0.1, 0.15) is 0 Å². The summed E-state index contributed by atoms with van der Waals surface area (Å²) < 4.78 is 8.42. The van der Waals surface area contributed by atoms with E-state index in [9.17, 15) is 0 Å². The Labute approximate surface area is 168 Å². The van der Waals surface area contributed by atoms with Gasteiger partial charge >= 0.3 is 0 Å². The minimum atomic E-state index is 0.523. The van der Waals surface area contributed by atoms with Crippen molar-refractivity contribution in [1.29, 1.82) is 0 Å². The second-order valence-corrected chi connectivity index (χ2v) is 7.46. The second-order valence-electron chi connectivity index (χ2n) is 5.60. The number of benzene rings is 1. The smallest absolute Gasteiger partial charge is 0.237 e. The van der Waals surface area contributed by atoms with Crippen LogP contribution >= 0.6 is 27.7 Å². The summed E-state index contributed by atoms with van der Waals surface area (Å²) in [6.45, 7) is 2.83. The quantitative estimate of drug-likeness (QED) is 0.407. The Kier molecular flexibility index (Phi) is 5.30. The maximum atomic E-state index is 5.38. The third-order valence-corrected chi connectivity index (χ3v) is 5.29. The van der Waals surface area contributed by atoms with E-state index < -0.39 is 0 Å². The van der Waals surface area contributed by atoms with Gasteiger partial charge in [-0.15, -0.1) is 10.2 Å². The molecule has 1 aromatic carbocycles. The van der Waals surface area contributed by atoms with Gasteiger partial charge < -0.3 is 9.09 Å². The number of nitrogens with zero attached hydrogens (tertiary/aromatic N) is 6. The number of aromatic nitrogens is 6. The fourth-order valence-electron chi connectivity index (χ4n) is 2.58. The molecule has 0 aliphatic heterocycles. The molecule has 7 nitrogen and oxygen atoms in total. The van der Waals surface area contributed by atoms with Gasteiger partial charge in [-0.2, -0.15) is 4.98 Å². The van der Waals surface area contributed by atoms with Crippen molar-refractivity contribution < 1.29 is 4.52 Å². The van der Waals surface area contributed by atoms with Crippen LogP contribution in [-0.2, 0) is 12.3 Å². The molecule has 0 saturated heterocycles. The molecule has 0 atom stereocenters. The number of halogens is 1. The summed E-state index contributed by atoms with van der Waals surface area (Å²) in [6, 6.07) is 11.6. The zero-order chi connectivity index (χ0) is 18.6. The molecule has 0 aliphatic carbocycles.